The number of aliphatic carboxylic acids is 1. The van der Waals surface area contributed by atoms with Crippen LogP contribution in [0.2, 0.25) is 0 Å². The van der Waals surface area contributed by atoms with E-state index in [0.29, 0.717) is 0 Å². The van der Waals surface area contributed by atoms with Crippen LogP contribution in [0, 0.1) is 11.8 Å². The lowest BCUT2D eigenvalue weighted by molar-refractivity contribution is -0.144. The number of hydrogen-bond donors (Lipinski definition) is 3. The van der Waals surface area contributed by atoms with E-state index >= 15 is 0 Å². The van der Waals surface area contributed by atoms with E-state index in [-0.39, 0.29) is 23.8 Å². The third-order valence-corrected chi connectivity index (χ3v) is 4.43. The van der Waals surface area contributed by atoms with Crippen LogP contribution in [0.15, 0.2) is 0 Å². The van der Waals surface area contributed by atoms with Crippen molar-refractivity contribution in [1.82, 2.24) is 5.32 Å². The standard InChI is InChI=1S/C16H30N2O3/c1-11(7-6-8-12(2)17)15(19)18-14(16(20)21)13-9-4-3-5-10-13/h11-14H,3-10,17H2,1-2H3,(H,18,19)(H,20,21). The van der Waals surface area contributed by atoms with Crippen LogP contribution >= 0.6 is 0 Å². The van der Waals surface area contributed by atoms with E-state index in [9.17, 15) is 14.7 Å². The smallest absolute Gasteiger partial charge is 0.326 e. The van der Waals surface area contributed by atoms with E-state index in [2.05, 4.69) is 5.32 Å². The first-order chi connectivity index (χ1) is 9.91. The summed E-state index contributed by atoms with van der Waals surface area (Å²) in [7, 11) is 0. The number of rotatable bonds is 8. The van der Waals surface area contributed by atoms with E-state index in [4.69, 9.17) is 5.73 Å². The molecule has 5 nitrogen and oxygen atoms in total. The van der Waals surface area contributed by atoms with Crippen LogP contribution in [0.4, 0.5) is 0 Å². The van der Waals surface area contributed by atoms with Gasteiger partial charge < -0.3 is 16.2 Å². The van der Waals surface area contributed by atoms with Gasteiger partial charge in [0, 0.05) is 12.0 Å². The van der Waals surface area contributed by atoms with Crippen molar-refractivity contribution in [2.24, 2.45) is 17.6 Å². The minimum absolute atomic E-state index is 0.0801. The lowest BCUT2D eigenvalue weighted by atomic mass is 9.83. The third kappa shape index (κ3) is 6.46. The fourth-order valence-electron chi connectivity index (χ4n) is 3.02. The predicted octanol–water partition coefficient (Wildman–Crippen LogP) is 2.29. The summed E-state index contributed by atoms with van der Waals surface area (Å²) in [6, 6.07) is -0.581. The zero-order valence-electron chi connectivity index (χ0n) is 13.3. The van der Waals surface area contributed by atoms with Crippen LogP contribution in [0.3, 0.4) is 0 Å². The number of carboxylic acid groups (broad SMARTS) is 1. The highest BCUT2D eigenvalue weighted by Crippen LogP contribution is 2.27. The van der Waals surface area contributed by atoms with Gasteiger partial charge >= 0.3 is 5.97 Å². The molecule has 1 rings (SSSR count). The van der Waals surface area contributed by atoms with Gasteiger partial charge in [0.05, 0.1) is 0 Å². The van der Waals surface area contributed by atoms with Crippen molar-refractivity contribution < 1.29 is 14.7 Å². The zero-order valence-corrected chi connectivity index (χ0v) is 13.3. The number of amides is 1. The first-order valence-electron chi connectivity index (χ1n) is 8.20. The van der Waals surface area contributed by atoms with Crippen LogP contribution < -0.4 is 11.1 Å². The van der Waals surface area contributed by atoms with Crippen molar-refractivity contribution in [3.63, 3.8) is 0 Å². The Kier molecular flexibility index (Phi) is 7.72. The molecule has 122 valence electrons. The molecular weight excluding hydrogens is 268 g/mol. The Morgan fingerprint density at radius 3 is 2.33 bits per heavy atom. The average molecular weight is 298 g/mol. The molecule has 3 atom stereocenters. The molecule has 4 N–H and O–H groups in total. The summed E-state index contributed by atoms with van der Waals surface area (Å²) in [6.07, 6.45) is 7.64. The molecule has 0 aromatic heterocycles. The molecule has 0 spiro atoms. The molecule has 1 aliphatic rings. The molecule has 0 aliphatic heterocycles. The molecule has 0 aromatic carbocycles. The van der Waals surface area contributed by atoms with Gasteiger partial charge in [0.1, 0.15) is 6.04 Å². The molecule has 0 saturated heterocycles. The first kappa shape index (κ1) is 18.0. The van der Waals surface area contributed by atoms with Gasteiger partial charge in [-0.05, 0) is 38.5 Å². The van der Waals surface area contributed by atoms with Crippen LogP contribution in [-0.4, -0.2) is 29.1 Å². The summed E-state index contributed by atoms with van der Waals surface area (Å²) in [5.74, 6) is -1.12. The van der Waals surface area contributed by atoms with E-state index in [0.717, 1.165) is 44.9 Å². The summed E-state index contributed by atoms with van der Waals surface area (Å²) >= 11 is 0. The average Bonchev–Trinajstić information content (AvgIpc) is 2.44. The zero-order chi connectivity index (χ0) is 15.8. The Bertz CT molecular complexity index is 338. The fourth-order valence-corrected chi connectivity index (χ4v) is 3.02. The molecule has 1 fully saturated rings. The van der Waals surface area contributed by atoms with Gasteiger partial charge in [-0.25, -0.2) is 4.79 Å². The predicted molar refractivity (Wildman–Crippen MR) is 82.8 cm³/mol. The van der Waals surface area contributed by atoms with Crippen molar-refractivity contribution in [2.75, 3.05) is 0 Å². The lowest BCUT2D eigenvalue weighted by Gasteiger charge is -2.28. The molecule has 3 unspecified atom stereocenters. The Labute approximate surface area is 127 Å². The second kappa shape index (κ2) is 9.03. The lowest BCUT2D eigenvalue weighted by Crippen LogP contribution is -2.48. The van der Waals surface area contributed by atoms with Crippen molar-refractivity contribution in [3.05, 3.63) is 0 Å². The second-order valence-corrected chi connectivity index (χ2v) is 6.53. The molecule has 1 saturated carbocycles. The number of carboxylic acids is 1. The van der Waals surface area contributed by atoms with Crippen LogP contribution in [-0.2, 0) is 9.59 Å². The Hall–Kier alpha value is -1.10. The topological polar surface area (TPSA) is 92.4 Å². The maximum atomic E-state index is 12.2. The fraction of sp³-hybridized carbons (Fsp3) is 0.875. The van der Waals surface area contributed by atoms with Gasteiger partial charge in [-0.2, -0.15) is 0 Å². The van der Waals surface area contributed by atoms with E-state index in [1.165, 1.54) is 6.42 Å². The van der Waals surface area contributed by atoms with Gasteiger partial charge in [-0.15, -0.1) is 0 Å². The third-order valence-electron chi connectivity index (χ3n) is 4.43. The van der Waals surface area contributed by atoms with Crippen molar-refractivity contribution in [1.29, 1.82) is 0 Å². The second-order valence-electron chi connectivity index (χ2n) is 6.53. The van der Waals surface area contributed by atoms with Crippen molar-refractivity contribution in [3.8, 4) is 0 Å². The van der Waals surface area contributed by atoms with Gasteiger partial charge in [0.15, 0.2) is 0 Å². The number of carbonyl (C=O) groups is 2. The highest BCUT2D eigenvalue weighted by Gasteiger charge is 2.31. The molecular formula is C16H30N2O3. The van der Waals surface area contributed by atoms with Gasteiger partial charge in [-0.3, -0.25) is 4.79 Å². The van der Waals surface area contributed by atoms with E-state index in [1.807, 2.05) is 13.8 Å². The van der Waals surface area contributed by atoms with Gasteiger partial charge in [0.2, 0.25) is 5.91 Å². The van der Waals surface area contributed by atoms with Crippen LogP contribution in [0.5, 0.6) is 0 Å². The van der Waals surface area contributed by atoms with Gasteiger partial charge in [-0.1, -0.05) is 32.6 Å². The van der Waals surface area contributed by atoms with Crippen molar-refractivity contribution in [2.45, 2.75) is 77.3 Å². The quantitative estimate of drug-likeness (QED) is 0.641. The number of nitrogens with one attached hydrogen (secondary N) is 1. The van der Waals surface area contributed by atoms with Crippen molar-refractivity contribution >= 4 is 11.9 Å². The minimum Gasteiger partial charge on any atom is -0.480 e. The summed E-state index contributed by atoms with van der Waals surface area (Å²) in [5.41, 5.74) is 5.69. The molecule has 1 amide bonds. The Morgan fingerprint density at radius 2 is 1.81 bits per heavy atom. The van der Waals surface area contributed by atoms with Crippen LogP contribution in [0.1, 0.15) is 65.2 Å². The monoisotopic (exact) mass is 298 g/mol. The first-order valence-corrected chi connectivity index (χ1v) is 8.20. The number of nitrogens with two attached hydrogens (primary N) is 1. The normalized spacial score (nSPS) is 20.5. The summed E-state index contributed by atoms with van der Waals surface area (Å²) in [4.78, 5) is 23.6. The highest BCUT2D eigenvalue weighted by atomic mass is 16.4. The molecule has 5 heteroatoms. The number of hydrogen-bond acceptors (Lipinski definition) is 3. The maximum absolute atomic E-state index is 12.2. The number of carbonyl (C=O) groups excluding carboxylic acids is 1. The Morgan fingerprint density at radius 1 is 1.19 bits per heavy atom. The molecule has 21 heavy (non-hydrogen) atoms. The minimum atomic E-state index is -0.905. The molecule has 1 aliphatic carbocycles. The highest BCUT2D eigenvalue weighted by molar-refractivity contribution is 5.84. The largest absolute Gasteiger partial charge is 0.480 e. The molecule has 0 radical (unpaired) electrons. The summed E-state index contributed by atoms with van der Waals surface area (Å²) in [6.45, 7) is 3.81. The molecule has 0 heterocycles. The van der Waals surface area contributed by atoms with Gasteiger partial charge in [0.25, 0.3) is 0 Å². The van der Waals surface area contributed by atoms with E-state index in [1.54, 1.807) is 0 Å². The maximum Gasteiger partial charge on any atom is 0.326 e. The van der Waals surface area contributed by atoms with E-state index < -0.39 is 12.0 Å². The SMILES string of the molecule is CC(N)CCCC(C)C(=O)NC(C(=O)O)C1CCCCC1. The summed E-state index contributed by atoms with van der Waals surface area (Å²) in [5, 5.41) is 12.1. The van der Waals surface area contributed by atoms with Crippen LogP contribution in [0.25, 0.3) is 0 Å². The molecule has 0 bridgehead atoms. The summed E-state index contributed by atoms with van der Waals surface area (Å²) < 4.78 is 0. The Balaban J connectivity index is 2.45. The molecule has 0 aromatic rings.